The first-order chi connectivity index (χ1) is 13.6. The van der Waals surface area contributed by atoms with Crippen molar-refractivity contribution in [1.29, 1.82) is 0 Å². The highest BCUT2D eigenvalue weighted by Crippen LogP contribution is 2.48. The fourth-order valence-electron chi connectivity index (χ4n) is 3.95. The Labute approximate surface area is 169 Å². The van der Waals surface area contributed by atoms with Crippen LogP contribution in [-0.4, -0.2) is 71.6 Å². The number of aliphatic imine (C=N–C) groups is 1. The Hall–Kier alpha value is -1.67. The van der Waals surface area contributed by atoms with Gasteiger partial charge in [-0.05, 0) is 57.5 Å². The Morgan fingerprint density at radius 2 is 2.14 bits per heavy atom. The summed E-state index contributed by atoms with van der Waals surface area (Å²) in [6, 6.07) is 0.595. The smallest absolute Gasteiger partial charge is 0.191 e. The van der Waals surface area contributed by atoms with Crippen molar-refractivity contribution < 1.29 is 4.74 Å². The highest BCUT2D eigenvalue weighted by molar-refractivity contribution is 5.79. The molecule has 8 heteroatoms. The number of methoxy groups -OCH3 is 1. The van der Waals surface area contributed by atoms with E-state index in [-0.39, 0.29) is 0 Å². The summed E-state index contributed by atoms with van der Waals surface area (Å²) in [6.07, 6.45) is 6.20. The van der Waals surface area contributed by atoms with Crippen LogP contribution in [0.5, 0.6) is 0 Å². The summed E-state index contributed by atoms with van der Waals surface area (Å²) in [5, 5.41) is 15.6. The average molecular weight is 392 g/mol. The van der Waals surface area contributed by atoms with Gasteiger partial charge in [0.25, 0.3) is 0 Å². The Morgan fingerprint density at radius 1 is 1.32 bits per heavy atom. The van der Waals surface area contributed by atoms with Gasteiger partial charge in [-0.25, -0.2) is 4.99 Å². The Balaban J connectivity index is 1.59. The van der Waals surface area contributed by atoms with E-state index in [4.69, 9.17) is 9.73 Å². The van der Waals surface area contributed by atoms with Crippen molar-refractivity contribution in [2.75, 3.05) is 39.9 Å². The lowest BCUT2D eigenvalue weighted by atomic mass is 10.0. The first-order valence-electron chi connectivity index (χ1n) is 10.7. The normalized spacial score (nSPS) is 21.9. The van der Waals surface area contributed by atoms with Gasteiger partial charge < -0.3 is 19.9 Å². The van der Waals surface area contributed by atoms with Crippen molar-refractivity contribution in [1.82, 2.24) is 30.3 Å². The lowest BCUT2D eigenvalue weighted by Gasteiger charge is -2.25. The second-order valence-corrected chi connectivity index (χ2v) is 8.29. The number of rotatable bonds is 10. The number of aromatic nitrogens is 3. The van der Waals surface area contributed by atoms with E-state index < -0.39 is 0 Å². The van der Waals surface area contributed by atoms with Crippen molar-refractivity contribution in [2.45, 2.75) is 58.5 Å². The molecule has 1 saturated carbocycles. The monoisotopic (exact) mass is 391 g/mol. The van der Waals surface area contributed by atoms with Crippen LogP contribution in [0.3, 0.4) is 0 Å². The van der Waals surface area contributed by atoms with Gasteiger partial charge in [-0.2, -0.15) is 0 Å². The summed E-state index contributed by atoms with van der Waals surface area (Å²) in [7, 11) is 3.77. The predicted octanol–water partition coefficient (Wildman–Crippen LogP) is 1.46. The van der Waals surface area contributed by atoms with E-state index in [0.29, 0.717) is 18.0 Å². The van der Waals surface area contributed by atoms with Gasteiger partial charge in [0, 0.05) is 39.9 Å². The zero-order valence-corrected chi connectivity index (χ0v) is 18.0. The molecule has 0 spiro atoms. The van der Waals surface area contributed by atoms with Gasteiger partial charge >= 0.3 is 0 Å². The fourth-order valence-corrected chi connectivity index (χ4v) is 3.95. The average Bonchev–Trinajstić information content (AvgIpc) is 3.20. The largest absolute Gasteiger partial charge is 0.385 e. The molecule has 0 radical (unpaired) electrons. The Kier molecular flexibility index (Phi) is 7.29. The van der Waals surface area contributed by atoms with Gasteiger partial charge in [0.2, 0.25) is 0 Å². The number of nitrogens with one attached hydrogen (secondary N) is 2. The van der Waals surface area contributed by atoms with Crippen LogP contribution in [0.25, 0.3) is 0 Å². The van der Waals surface area contributed by atoms with Gasteiger partial charge in [0.1, 0.15) is 12.4 Å². The molecule has 0 amide bonds. The molecule has 1 aromatic rings. The quantitative estimate of drug-likeness (QED) is 0.464. The number of likely N-dealkylation sites (N-methyl/N-ethyl adjacent to an activating group) is 1. The van der Waals surface area contributed by atoms with Gasteiger partial charge in [-0.3, -0.25) is 4.90 Å². The maximum atomic E-state index is 5.29. The molecule has 8 nitrogen and oxygen atoms in total. The van der Waals surface area contributed by atoms with E-state index in [1.807, 2.05) is 18.5 Å². The van der Waals surface area contributed by atoms with E-state index in [2.05, 4.69) is 32.7 Å². The molecule has 2 N–H and O–H groups in total. The predicted molar refractivity (Wildman–Crippen MR) is 111 cm³/mol. The highest BCUT2D eigenvalue weighted by Gasteiger charge is 2.42. The topological polar surface area (TPSA) is 79.6 Å². The molecule has 1 atom stereocenters. The van der Waals surface area contributed by atoms with Crippen LogP contribution < -0.4 is 10.6 Å². The molecular formula is C20H37N7O. The van der Waals surface area contributed by atoms with Gasteiger partial charge in [0.05, 0.1) is 0 Å². The van der Waals surface area contributed by atoms with Crippen LogP contribution >= 0.6 is 0 Å². The molecule has 3 rings (SSSR count). The van der Waals surface area contributed by atoms with E-state index in [1.54, 1.807) is 7.11 Å². The second kappa shape index (κ2) is 9.69. The molecule has 1 saturated heterocycles. The number of hydrogen-bond acceptors (Lipinski definition) is 5. The maximum absolute atomic E-state index is 5.29. The van der Waals surface area contributed by atoms with Crippen molar-refractivity contribution in [2.24, 2.45) is 17.5 Å². The molecular weight excluding hydrogens is 354 g/mol. The summed E-state index contributed by atoms with van der Waals surface area (Å²) in [6.45, 7) is 9.77. The molecule has 2 fully saturated rings. The van der Waals surface area contributed by atoms with E-state index in [1.165, 1.54) is 32.2 Å². The molecule has 28 heavy (non-hydrogen) atoms. The summed E-state index contributed by atoms with van der Waals surface area (Å²) in [5.41, 5.74) is 0.378. The van der Waals surface area contributed by atoms with Crippen molar-refractivity contribution >= 4 is 5.96 Å². The number of likely N-dealkylation sites (tertiary alicyclic amines) is 1. The van der Waals surface area contributed by atoms with Gasteiger partial charge in [0.15, 0.2) is 11.8 Å². The third kappa shape index (κ3) is 5.44. The molecule has 0 bridgehead atoms. The fraction of sp³-hybridized carbons (Fsp3) is 0.850. The standard InChI is InChI=1S/C20H37N7O/c1-5-27-11-6-7-17(27)13-21-19(22-14-18-25-24-16(2)26(18)3)23-15-20(8-9-20)10-12-28-4/h17H,5-15H2,1-4H3,(H2,21,22,23). The molecule has 1 aliphatic heterocycles. The first-order valence-corrected chi connectivity index (χ1v) is 10.7. The first kappa shape index (κ1) is 21.0. The van der Waals surface area contributed by atoms with Crippen LogP contribution in [0.2, 0.25) is 0 Å². The number of hydrogen-bond donors (Lipinski definition) is 2. The Bertz CT molecular complexity index is 653. The Morgan fingerprint density at radius 3 is 2.79 bits per heavy atom. The zero-order chi connectivity index (χ0) is 20.0. The third-order valence-corrected chi connectivity index (χ3v) is 6.40. The van der Waals surface area contributed by atoms with Crippen LogP contribution in [0, 0.1) is 12.3 Å². The summed E-state index contributed by atoms with van der Waals surface area (Å²) < 4.78 is 7.29. The minimum absolute atomic E-state index is 0.378. The molecule has 1 aliphatic carbocycles. The van der Waals surface area contributed by atoms with Crippen molar-refractivity contribution in [3.8, 4) is 0 Å². The minimum atomic E-state index is 0.378. The summed E-state index contributed by atoms with van der Waals surface area (Å²) in [5.74, 6) is 2.68. The number of guanidine groups is 1. The van der Waals surface area contributed by atoms with Crippen LogP contribution in [0.4, 0.5) is 0 Å². The van der Waals surface area contributed by atoms with Crippen LogP contribution in [0.15, 0.2) is 4.99 Å². The number of aryl methyl sites for hydroxylation is 1. The number of nitrogens with zero attached hydrogens (tertiary/aromatic N) is 5. The highest BCUT2D eigenvalue weighted by atomic mass is 16.5. The molecule has 1 aromatic heterocycles. The lowest BCUT2D eigenvalue weighted by Crippen LogP contribution is -2.46. The molecule has 0 aromatic carbocycles. The zero-order valence-electron chi connectivity index (χ0n) is 18.0. The van der Waals surface area contributed by atoms with Crippen molar-refractivity contribution in [3.63, 3.8) is 0 Å². The van der Waals surface area contributed by atoms with Gasteiger partial charge in [-0.15, -0.1) is 10.2 Å². The van der Waals surface area contributed by atoms with E-state index in [0.717, 1.165) is 50.3 Å². The molecule has 1 unspecified atom stereocenters. The SMILES string of the molecule is CCN1CCCC1CNC(=NCc1nnc(C)n1C)NCC1(CCOC)CC1. The second-order valence-electron chi connectivity index (χ2n) is 8.29. The number of ether oxygens (including phenoxy) is 1. The summed E-state index contributed by atoms with van der Waals surface area (Å²) in [4.78, 5) is 7.37. The maximum Gasteiger partial charge on any atom is 0.191 e. The van der Waals surface area contributed by atoms with E-state index >= 15 is 0 Å². The van der Waals surface area contributed by atoms with Crippen LogP contribution in [-0.2, 0) is 18.3 Å². The van der Waals surface area contributed by atoms with E-state index in [9.17, 15) is 0 Å². The minimum Gasteiger partial charge on any atom is -0.385 e. The molecule has 2 aliphatic rings. The lowest BCUT2D eigenvalue weighted by molar-refractivity contribution is 0.172. The summed E-state index contributed by atoms with van der Waals surface area (Å²) >= 11 is 0. The van der Waals surface area contributed by atoms with Gasteiger partial charge in [-0.1, -0.05) is 6.92 Å². The van der Waals surface area contributed by atoms with Crippen molar-refractivity contribution in [3.05, 3.63) is 11.6 Å². The van der Waals surface area contributed by atoms with Crippen LogP contribution in [0.1, 0.15) is 50.7 Å². The third-order valence-electron chi connectivity index (χ3n) is 6.40. The molecule has 2 heterocycles. The molecule has 158 valence electrons.